The lowest BCUT2D eigenvalue weighted by Gasteiger charge is -2.40. The molecule has 0 aromatic rings. The summed E-state index contributed by atoms with van der Waals surface area (Å²) in [7, 11) is 0. The number of hydrogen-bond acceptors (Lipinski definition) is 4. The molecule has 4 nitrogen and oxygen atoms in total. The standard InChI is InChI=1S/C14H26O4/c1-6-7-8-10(15)11-9(2)17-13(14(3,4)5)18-12(11)16/h9-11,13,15H,6-8H2,1-5H3/t9-,10-,11+,13-/m1/s1. The van der Waals surface area contributed by atoms with Gasteiger partial charge in [0.1, 0.15) is 5.92 Å². The lowest BCUT2D eigenvalue weighted by atomic mass is 9.89. The van der Waals surface area contributed by atoms with Crippen molar-refractivity contribution in [2.75, 3.05) is 0 Å². The van der Waals surface area contributed by atoms with Crippen molar-refractivity contribution in [3.8, 4) is 0 Å². The van der Waals surface area contributed by atoms with Crippen molar-refractivity contribution in [2.24, 2.45) is 11.3 Å². The van der Waals surface area contributed by atoms with Crippen LogP contribution in [0.5, 0.6) is 0 Å². The van der Waals surface area contributed by atoms with E-state index in [9.17, 15) is 9.90 Å². The van der Waals surface area contributed by atoms with Crippen LogP contribution < -0.4 is 0 Å². The van der Waals surface area contributed by atoms with Crippen molar-refractivity contribution in [3.05, 3.63) is 0 Å². The Morgan fingerprint density at radius 3 is 2.44 bits per heavy atom. The molecule has 0 bridgehead atoms. The van der Waals surface area contributed by atoms with Crippen LogP contribution in [0.1, 0.15) is 53.9 Å². The molecule has 1 aliphatic rings. The molecule has 4 heteroatoms. The van der Waals surface area contributed by atoms with Gasteiger partial charge in [-0.05, 0) is 13.3 Å². The number of rotatable bonds is 4. The van der Waals surface area contributed by atoms with Crippen LogP contribution in [-0.2, 0) is 14.3 Å². The number of carbonyl (C=O) groups excluding carboxylic acids is 1. The average molecular weight is 258 g/mol. The Morgan fingerprint density at radius 1 is 1.39 bits per heavy atom. The van der Waals surface area contributed by atoms with Crippen molar-refractivity contribution in [1.82, 2.24) is 0 Å². The number of unbranched alkanes of at least 4 members (excludes halogenated alkanes) is 1. The molecule has 4 atom stereocenters. The van der Waals surface area contributed by atoms with E-state index in [0.29, 0.717) is 6.42 Å². The number of ether oxygens (including phenoxy) is 2. The maximum absolute atomic E-state index is 12.0. The van der Waals surface area contributed by atoms with Gasteiger partial charge in [0.05, 0.1) is 12.2 Å². The van der Waals surface area contributed by atoms with Gasteiger partial charge in [-0.3, -0.25) is 4.79 Å². The molecular weight excluding hydrogens is 232 g/mol. The second-order valence-corrected chi connectivity index (χ2v) is 6.21. The highest BCUT2D eigenvalue weighted by atomic mass is 16.7. The molecule has 0 aromatic heterocycles. The van der Waals surface area contributed by atoms with Crippen LogP contribution in [0.25, 0.3) is 0 Å². The number of carbonyl (C=O) groups is 1. The van der Waals surface area contributed by atoms with E-state index in [1.54, 1.807) is 0 Å². The van der Waals surface area contributed by atoms with Crippen LogP contribution in [0.15, 0.2) is 0 Å². The van der Waals surface area contributed by atoms with Crippen molar-refractivity contribution < 1.29 is 19.4 Å². The van der Waals surface area contributed by atoms with Gasteiger partial charge in [-0.25, -0.2) is 0 Å². The molecule has 0 spiro atoms. The normalized spacial score (nSPS) is 31.0. The van der Waals surface area contributed by atoms with Crippen molar-refractivity contribution in [3.63, 3.8) is 0 Å². The SMILES string of the molecule is CCCC[C@@H](O)[C@H]1C(=O)O[C@H](C(C)(C)C)O[C@@H]1C. The largest absolute Gasteiger partial charge is 0.435 e. The quantitative estimate of drug-likeness (QED) is 0.787. The summed E-state index contributed by atoms with van der Waals surface area (Å²) in [5.41, 5.74) is -0.247. The lowest BCUT2D eigenvalue weighted by Crippen LogP contribution is -2.51. The molecule has 1 saturated heterocycles. The maximum Gasteiger partial charge on any atom is 0.316 e. The van der Waals surface area contributed by atoms with Gasteiger partial charge in [-0.15, -0.1) is 0 Å². The van der Waals surface area contributed by atoms with Crippen LogP contribution in [0.2, 0.25) is 0 Å². The molecule has 1 rings (SSSR count). The molecule has 1 N–H and O–H groups in total. The fourth-order valence-electron chi connectivity index (χ4n) is 2.13. The molecule has 0 amide bonds. The molecule has 1 fully saturated rings. The molecule has 18 heavy (non-hydrogen) atoms. The summed E-state index contributed by atoms with van der Waals surface area (Å²) in [5, 5.41) is 10.1. The molecular formula is C14H26O4. The van der Waals surface area contributed by atoms with Crippen LogP contribution in [0, 0.1) is 11.3 Å². The molecule has 0 aromatic carbocycles. The van der Waals surface area contributed by atoms with E-state index < -0.39 is 18.3 Å². The van der Waals surface area contributed by atoms with Gasteiger partial charge < -0.3 is 14.6 Å². The zero-order valence-corrected chi connectivity index (χ0v) is 12.1. The Labute approximate surface area is 110 Å². The third-order valence-electron chi connectivity index (χ3n) is 3.31. The van der Waals surface area contributed by atoms with Gasteiger partial charge in [0.2, 0.25) is 6.29 Å². The first-order valence-corrected chi connectivity index (χ1v) is 6.81. The van der Waals surface area contributed by atoms with Crippen molar-refractivity contribution in [2.45, 2.75) is 72.4 Å². The maximum atomic E-state index is 12.0. The fraction of sp³-hybridized carbons (Fsp3) is 0.929. The monoisotopic (exact) mass is 258 g/mol. The van der Waals surface area contributed by atoms with Gasteiger partial charge in [0, 0.05) is 5.41 Å². The highest BCUT2D eigenvalue weighted by Gasteiger charge is 2.44. The highest BCUT2D eigenvalue weighted by molar-refractivity contribution is 5.74. The molecule has 0 aliphatic carbocycles. The number of hydrogen-bond donors (Lipinski definition) is 1. The molecule has 106 valence electrons. The summed E-state index contributed by atoms with van der Waals surface area (Å²) < 4.78 is 11.0. The van der Waals surface area contributed by atoms with Crippen molar-refractivity contribution >= 4 is 5.97 Å². The van der Waals surface area contributed by atoms with E-state index in [2.05, 4.69) is 6.92 Å². The molecule has 0 radical (unpaired) electrons. The molecule has 1 aliphatic heterocycles. The summed E-state index contributed by atoms with van der Waals surface area (Å²) in [6, 6.07) is 0. The first-order valence-electron chi connectivity index (χ1n) is 6.81. The van der Waals surface area contributed by atoms with Crippen LogP contribution in [-0.4, -0.2) is 29.6 Å². The zero-order chi connectivity index (χ0) is 13.9. The number of aliphatic hydroxyl groups is 1. The van der Waals surface area contributed by atoms with E-state index in [0.717, 1.165) is 12.8 Å². The second kappa shape index (κ2) is 6.02. The third-order valence-corrected chi connectivity index (χ3v) is 3.31. The number of aliphatic hydroxyl groups excluding tert-OH is 1. The smallest absolute Gasteiger partial charge is 0.316 e. The molecule has 1 heterocycles. The third kappa shape index (κ3) is 3.69. The Hall–Kier alpha value is -0.610. The summed E-state index contributed by atoms with van der Waals surface area (Å²) >= 11 is 0. The minimum atomic E-state index is -0.673. The van der Waals surface area contributed by atoms with Crippen LogP contribution in [0.4, 0.5) is 0 Å². The predicted octanol–water partition coefficient (Wildman–Crippen LogP) is 2.49. The predicted molar refractivity (Wildman–Crippen MR) is 68.9 cm³/mol. The van der Waals surface area contributed by atoms with E-state index in [1.807, 2.05) is 27.7 Å². The number of cyclic esters (lactones) is 1. The summed E-state index contributed by atoms with van der Waals surface area (Å²) in [6.07, 6.45) is 1.01. The summed E-state index contributed by atoms with van der Waals surface area (Å²) in [4.78, 5) is 12.0. The van der Waals surface area contributed by atoms with Gasteiger partial charge in [-0.1, -0.05) is 40.5 Å². The van der Waals surface area contributed by atoms with E-state index in [1.165, 1.54) is 0 Å². The van der Waals surface area contributed by atoms with Crippen molar-refractivity contribution in [1.29, 1.82) is 0 Å². The Kier molecular flexibility index (Phi) is 5.17. The highest BCUT2D eigenvalue weighted by Crippen LogP contribution is 2.33. The van der Waals surface area contributed by atoms with E-state index >= 15 is 0 Å². The first-order chi connectivity index (χ1) is 8.27. The average Bonchev–Trinajstić information content (AvgIpc) is 2.24. The fourth-order valence-corrected chi connectivity index (χ4v) is 2.13. The summed E-state index contributed by atoms with van der Waals surface area (Å²) in [6.45, 7) is 9.78. The Bertz CT molecular complexity index is 282. The summed E-state index contributed by atoms with van der Waals surface area (Å²) in [5.74, 6) is -0.896. The van der Waals surface area contributed by atoms with Gasteiger partial charge >= 0.3 is 5.97 Å². The van der Waals surface area contributed by atoms with Gasteiger partial charge in [0.15, 0.2) is 0 Å². The molecule has 0 unspecified atom stereocenters. The minimum absolute atomic E-state index is 0.247. The van der Waals surface area contributed by atoms with Crippen LogP contribution >= 0.6 is 0 Å². The van der Waals surface area contributed by atoms with E-state index in [4.69, 9.17) is 9.47 Å². The first kappa shape index (κ1) is 15.4. The number of esters is 1. The second-order valence-electron chi connectivity index (χ2n) is 6.21. The van der Waals surface area contributed by atoms with Crippen LogP contribution in [0.3, 0.4) is 0 Å². The van der Waals surface area contributed by atoms with E-state index in [-0.39, 0.29) is 17.5 Å². The Morgan fingerprint density at radius 2 is 2.00 bits per heavy atom. The Balaban J connectivity index is 2.66. The minimum Gasteiger partial charge on any atom is -0.435 e. The lowest BCUT2D eigenvalue weighted by molar-refractivity contribution is -0.261. The topological polar surface area (TPSA) is 55.8 Å². The zero-order valence-electron chi connectivity index (χ0n) is 12.1. The van der Waals surface area contributed by atoms with Gasteiger partial charge in [0.25, 0.3) is 0 Å². The van der Waals surface area contributed by atoms with Gasteiger partial charge in [-0.2, -0.15) is 0 Å². The molecule has 0 saturated carbocycles.